The first-order chi connectivity index (χ1) is 12.8. The summed E-state index contributed by atoms with van der Waals surface area (Å²) in [6.07, 6.45) is 0. The highest BCUT2D eigenvalue weighted by Gasteiger charge is 2.14. The predicted octanol–water partition coefficient (Wildman–Crippen LogP) is 4.43. The Morgan fingerprint density at radius 3 is 2.41 bits per heavy atom. The van der Waals surface area contributed by atoms with E-state index >= 15 is 0 Å². The van der Waals surface area contributed by atoms with E-state index in [1.807, 2.05) is 24.3 Å². The number of benzene rings is 2. The Hall–Kier alpha value is -2.06. The van der Waals surface area contributed by atoms with Crippen molar-refractivity contribution in [3.05, 3.63) is 56.5 Å². The zero-order valence-corrected chi connectivity index (χ0v) is 18.1. The number of hydrogen-bond acceptors (Lipinski definition) is 4. The van der Waals surface area contributed by atoms with Crippen LogP contribution in [0.15, 0.2) is 45.3 Å². The molecule has 0 aliphatic rings. The molecule has 0 radical (unpaired) electrons. The van der Waals surface area contributed by atoms with Gasteiger partial charge < -0.3 is 20.5 Å². The lowest BCUT2D eigenvalue weighted by Gasteiger charge is -2.14. The molecule has 0 aromatic heterocycles. The Morgan fingerprint density at radius 2 is 1.81 bits per heavy atom. The topological polar surface area (TPSA) is 87.7 Å². The van der Waals surface area contributed by atoms with Gasteiger partial charge in [-0.2, -0.15) is 0 Å². The van der Waals surface area contributed by atoms with Gasteiger partial charge in [-0.1, -0.05) is 12.1 Å². The lowest BCUT2D eigenvalue weighted by Crippen LogP contribution is -2.29. The van der Waals surface area contributed by atoms with Gasteiger partial charge in [-0.15, -0.1) is 0 Å². The van der Waals surface area contributed by atoms with Gasteiger partial charge in [-0.3, -0.25) is 9.59 Å². The number of nitrogens with one attached hydrogen (secondary N) is 2. The van der Waals surface area contributed by atoms with Gasteiger partial charge in [0, 0.05) is 17.3 Å². The van der Waals surface area contributed by atoms with E-state index in [-0.39, 0.29) is 0 Å². The summed E-state index contributed by atoms with van der Waals surface area (Å²) in [6, 6.07) is 11.5. The zero-order chi connectivity index (χ0) is 20.0. The predicted molar refractivity (Wildman–Crippen MR) is 111 cm³/mol. The van der Waals surface area contributed by atoms with Crippen LogP contribution in [-0.2, 0) is 11.4 Å². The summed E-state index contributed by atoms with van der Waals surface area (Å²) in [4.78, 5) is 22.6. The summed E-state index contributed by atoms with van der Waals surface area (Å²) in [7, 11) is 0. The minimum atomic E-state index is -1.10. The van der Waals surface area contributed by atoms with E-state index in [0.29, 0.717) is 32.9 Å². The first kappa shape index (κ1) is 21.2. The molecule has 0 bridgehead atoms. The van der Waals surface area contributed by atoms with Gasteiger partial charge in [0.2, 0.25) is 0 Å². The van der Waals surface area contributed by atoms with Crippen molar-refractivity contribution in [3.63, 3.8) is 0 Å². The van der Waals surface area contributed by atoms with Crippen molar-refractivity contribution in [2.45, 2.75) is 26.5 Å². The summed E-state index contributed by atoms with van der Waals surface area (Å²) in [5.74, 6) is -1.01. The van der Waals surface area contributed by atoms with E-state index in [9.17, 15) is 9.59 Å². The number of halogens is 2. The van der Waals surface area contributed by atoms with Crippen LogP contribution in [0.25, 0.3) is 0 Å². The van der Waals surface area contributed by atoms with Crippen molar-refractivity contribution in [2.24, 2.45) is 0 Å². The van der Waals surface area contributed by atoms with Crippen LogP contribution in [0.1, 0.15) is 29.8 Å². The van der Waals surface area contributed by atoms with Crippen LogP contribution in [0.4, 0.5) is 5.69 Å². The third-order valence-electron chi connectivity index (χ3n) is 3.43. The summed E-state index contributed by atoms with van der Waals surface area (Å²) >= 11 is 6.81. The number of carbonyl (C=O) groups is 2. The minimum Gasteiger partial charge on any atom is -0.487 e. The Morgan fingerprint density at radius 1 is 1.15 bits per heavy atom. The number of carbonyl (C=O) groups excluding carboxylic acids is 1. The number of amides is 1. The van der Waals surface area contributed by atoms with Crippen LogP contribution in [0.5, 0.6) is 5.75 Å². The number of rotatable bonds is 8. The molecule has 0 spiro atoms. The molecule has 1 amide bonds. The second-order valence-corrected chi connectivity index (χ2v) is 7.84. The third kappa shape index (κ3) is 6.55. The van der Waals surface area contributed by atoms with Gasteiger partial charge >= 0.3 is 5.97 Å². The van der Waals surface area contributed by atoms with Gasteiger partial charge in [-0.05, 0) is 75.5 Å². The van der Waals surface area contributed by atoms with Gasteiger partial charge in [0.25, 0.3) is 5.91 Å². The molecule has 2 aromatic rings. The third-order valence-corrected chi connectivity index (χ3v) is 4.60. The molecule has 0 saturated carbocycles. The van der Waals surface area contributed by atoms with Crippen molar-refractivity contribution < 1.29 is 19.4 Å². The molecule has 3 N–H and O–H groups in total. The minimum absolute atomic E-state index is 0.325. The normalized spacial score (nSPS) is 10.6. The Labute approximate surface area is 174 Å². The van der Waals surface area contributed by atoms with E-state index in [0.717, 1.165) is 11.3 Å². The van der Waals surface area contributed by atoms with Crippen LogP contribution in [0.2, 0.25) is 0 Å². The lowest BCUT2D eigenvalue weighted by atomic mass is 10.2. The second-order valence-electron chi connectivity index (χ2n) is 6.13. The average molecular weight is 500 g/mol. The van der Waals surface area contributed by atoms with Crippen molar-refractivity contribution in [1.82, 2.24) is 5.32 Å². The van der Waals surface area contributed by atoms with E-state index in [4.69, 9.17) is 9.84 Å². The number of ether oxygens (including phenoxy) is 1. The number of carboxylic acid groups (broad SMARTS) is 1. The summed E-state index contributed by atoms with van der Waals surface area (Å²) in [5, 5.41) is 14.3. The number of aliphatic carboxylic acids is 1. The molecule has 0 aliphatic heterocycles. The lowest BCUT2D eigenvalue weighted by molar-refractivity contribution is -0.135. The van der Waals surface area contributed by atoms with Gasteiger partial charge in [0.15, 0.2) is 0 Å². The molecule has 0 heterocycles. The van der Waals surface area contributed by atoms with Crippen molar-refractivity contribution >= 4 is 49.4 Å². The summed E-state index contributed by atoms with van der Waals surface area (Å²) in [6.45, 7) is 4.07. The fraction of sp³-hybridized carbons (Fsp3) is 0.263. The Bertz CT molecular complexity index is 817. The van der Waals surface area contributed by atoms with E-state index in [2.05, 4.69) is 56.3 Å². The SMILES string of the molecule is CC(C)Nc1cccc(COc2c(Br)cc(C(=O)NCC(=O)O)cc2Br)c1. The fourth-order valence-corrected chi connectivity index (χ4v) is 3.74. The van der Waals surface area contributed by atoms with Crippen LogP contribution in [-0.4, -0.2) is 29.6 Å². The Kier molecular flexibility index (Phi) is 7.67. The fourth-order valence-electron chi connectivity index (χ4n) is 2.33. The molecule has 27 heavy (non-hydrogen) atoms. The van der Waals surface area contributed by atoms with Gasteiger partial charge in [0.1, 0.15) is 18.9 Å². The molecule has 0 unspecified atom stereocenters. The first-order valence-electron chi connectivity index (χ1n) is 8.23. The van der Waals surface area contributed by atoms with Gasteiger partial charge in [0.05, 0.1) is 8.95 Å². The number of carboxylic acids is 1. The van der Waals surface area contributed by atoms with Crippen LogP contribution in [0.3, 0.4) is 0 Å². The Balaban J connectivity index is 2.09. The highest BCUT2D eigenvalue weighted by atomic mass is 79.9. The maximum Gasteiger partial charge on any atom is 0.322 e. The smallest absolute Gasteiger partial charge is 0.322 e. The maximum atomic E-state index is 12.0. The van der Waals surface area contributed by atoms with Crippen LogP contribution >= 0.6 is 31.9 Å². The largest absolute Gasteiger partial charge is 0.487 e. The monoisotopic (exact) mass is 498 g/mol. The second kappa shape index (κ2) is 9.75. The van der Waals surface area contributed by atoms with Crippen LogP contribution < -0.4 is 15.4 Å². The molecule has 0 aliphatic carbocycles. The van der Waals surface area contributed by atoms with Crippen molar-refractivity contribution in [1.29, 1.82) is 0 Å². The van der Waals surface area contributed by atoms with Crippen molar-refractivity contribution in [3.8, 4) is 5.75 Å². The molecule has 144 valence electrons. The summed E-state index contributed by atoms with van der Waals surface area (Å²) in [5.41, 5.74) is 2.35. The standard InChI is InChI=1S/C19H20Br2N2O4/c1-11(2)23-14-5-3-4-12(6-14)10-27-18-15(20)7-13(8-16(18)21)19(26)22-9-17(24)25/h3-8,11,23H,9-10H2,1-2H3,(H,22,26)(H,24,25). The highest BCUT2D eigenvalue weighted by Crippen LogP contribution is 2.35. The number of anilines is 1. The molecule has 0 fully saturated rings. The molecule has 2 aromatic carbocycles. The molecular weight excluding hydrogens is 480 g/mol. The van der Waals surface area contributed by atoms with E-state index < -0.39 is 18.4 Å². The molecule has 0 atom stereocenters. The maximum absolute atomic E-state index is 12.0. The summed E-state index contributed by atoms with van der Waals surface area (Å²) < 4.78 is 7.08. The molecule has 2 rings (SSSR count). The molecular formula is C19H20Br2N2O4. The highest BCUT2D eigenvalue weighted by molar-refractivity contribution is 9.11. The van der Waals surface area contributed by atoms with Crippen molar-refractivity contribution in [2.75, 3.05) is 11.9 Å². The van der Waals surface area contributed by atoms with E-state index in [1.54, 1.807) is 12.1 Å². The van der Waals surface area contributed by atoms with E-state index in [1.165, 1.54) is 0 Å². The molecule has 0 saturated heterocycles. The first-order valence-corrected chi connectivity index (χ1v) is 9.82. The average Bonchev–Trinajstić information content (AvgIpc) is 2.58. The molecule has 6 nitrogen and oxygen atoms in total. The quantitative estimate of drug-likeness (QED) is 0.500. The zero-order valence-electron chi connectivity index (χ0n) is 14.9. The van der Waals surface area contributed by atoms with Crippen LogP contribution in [0, 0.1) is 0 Å². The number of hydrogen-bond donors (Lipinski definition) is 3. The molecule has 8 heteroatoms. The van der Waals surface area contributed by atoms with Gasteiger partial charge in [-0.25, -0.2) is 0 Å².